The van der Waals surface area contributed by atoms with Gasteiger partial charge >= 0.3 is 5.97 Å². The lowest BCUT2D eigenvalue weighted by Gasteiger charge is -2.10. The van der Waals surface area contributed by atoms with Gasteiger partial charge in [-0.3, -0.25) is 4.79 Å². The van der Waals surface area contributed by atoms with Crippen LogP contribution >= 0.6 is 0 Å². The number of nitrogens with zero attached hydrogens (tertiary/aromatic N) is 1. The molecule has 0 saturated heterocycles. The van der Waals surface area contributed by atoms with Crippen molar-refractivity contribution in [2.24, 2.45) is 12.8 Å². The van der Waals surface area contributed by atoms with Crippen molar-refractivity contribution in [1.29, 1.82) is 0 Å². The summed E-state index contributed by atoms with van der Waals surface area (Å²) in [5.74, 6) is -1.50. The standard InChI is InChI=1S/C12H14N2O2/c1-14-5-4-8-2-3-9(6-11(8)14)10(7-13)12(15)16/h2-6,10H,7,13H2,1H3,(H,15,16). The minimum atomic E-state index is -0.879. The molecule has 2 aromatic rings. The molecule has 1 aromatic carbocycles. The maximum absolute atomic E-state index is 11.0. The second kappa shape index (κ2) is 3.98. The van der Waals surface area contributed by atoms with Crippen molar-refractivity contribution in [3.05, 3.63) is 36.0 Å². The third kappa shape index (κ3) is 1.67. The van der Waals surface area contributed by atoms with Crippen LogP contribution < -0.4 is 5.73 Å². The highest BCUT2D eigenvalue weighted by Crippen LogP contribution is 2.22. The van der Waals surface area contributed by atoms with E-state index in [1.165, 1.54) is 0 Å². The number of carboxylic acid groups (broad SMARTS) is 1. The van der Waals surface area contributed by atoms with Crippen molar-refractivity contribution in [3.8, 4) is 0 Å². The van der Waals surface area contributed by atoms with Gasteiger partial charge < -0.3 is 15.4 Å². The Kier molecular flexibility index (Phi) is 2.66. The molecule has 0 bridgehead atoms. The second-order valence-electron chi connectivity index (χ2n) is 3.87. The van der Waals surface area contributed by atoms with Crippen molar-refractivity contribution in [1.82, 2.24) is 4.57 Å². The van der Waals surface area contributed by atoms with Gasteiger partial charge in [0, 0.05) is 25.3 Å². The quantitative estimate of drug-likeness (QED) is 0.816. The number of rotatable bonds is 3. The van der Waals surface area contributed by atoms with Gasteiger partial charge in [-0.05, 0) is 23.1 Å². The van der Waals surface area contributed by atoms with Gasteiger partial charge in [0.1, 0.15) is 0 Å². The van der Waals surface area contributed by atoms with E-state index in [1.54, 1.807) is 0 Å². The third-order valence-corrected chi connectivity index (χ3v) is 2.85. The Morgan fingerprint density at radius 1 is 1.50 bits per heavy atom. The second-order valence-corrected chi connectivity index (χ2v) is 3.87. The molecule has 0 aliphatic rings. The highest BCUT2D eigenvalue weighted by atomic mass is 16.4. The first-order valence-corrected chi connectivity index (χ1v) is 5.11. The van der Waals surface area contributed by atoms with Gasteiger partial charge in [0.05, 0.1) is 5.92 Å². The van der Waals surface area contributed by atoms with E-state index >= 15 is 0 Å². The van der Waals surface area contributed by atoms with E-state index in [-0.39, 0.29) is 6.54 Å². The first kappa shape index (κ1) is 10.7. The summed E-state index contributed by atoms with van der Waals surface area (Å²) < 4.78 is 1.97. The van der Waals surface area contributed by atoms with Crippen LogP contribution in [0.4, 0.5) is 0 Å². The Morgan fingerprint density at radius 3 is 2.88 bits per heavy atom. The van der Waals surface area contributed by atoms with E-state index in [1.807, 2.05) is 42.1 Å². The lowest BCUT2D eigenvalue weighted by molar-refractivity contribution is -0.138. The number of nitrogens with two attached hydrogens (primary N) is 1. The van der Waals surface area contributed by atoms with Gasteiger partial charge in [0.15, 0.2) is 0 Å². The predicted molar refractivity (Wildman–Crippen MR) is 62.4 cm³/mol. The molecule has 4 nitrogen and oxygen atoms in total. The lowest BCUT2D eigenvalue weighted by atomic mass is 9.98. The molecule has 0 aliphatic carbocycles. The summed E-state index contributed by atoms with van der Waals surface area (Å²) in [5.41, 5.74) is 7.25. The Labute approximate surface area is 93.3 Å². The monoisotopic (exact) mass is 218 g/mol. The first-order chi connectivity index (χ1) is 7.63. The molecular weight excluding hydrogens is 204 g/mol. The summed E-state index contributed by atoms with van der Waals surface area (Å²) in [5, 5.41) is 10.1. The number of aryl methyl sites for hydroxylation is 1. The van der Waals surface area contributed by atoms with Crippen molar-refractivity contribution in [3.63, 3.8) is 0 Å². The molecule has 0 fully saturated rings. The zero-order valence-corrected chi connectivity index (χ0v) is 9.05. The van der Waals surface area contributed by atoms with Gasteiger partial charge in [0.25, 0.3) is 0 Å². The Bertz CT molecular complexity index is 531. The number of carbonyl (C=O) groups is 1. The molecule has 84 valence electrons. The fourth-order valence-corrected chi connectivity index (χ4v) is 1.88. The summed E-state index contributed by atoms with van der Waals surface area (Å²) in [7, 11) is 1.93. The molecule has 4 heteroatoms. The maximum atomic E-state index is 11.0. The largest absolute Gasteiger partial charge is 0.481 e. The van der Waals surface area contributed by atoms with E-state index in [2.05, 4.69) is 0 Å². The van der Waals surface area contributed by atoms with Crippen LogP contribution in [0.25, 0.3) is 10.9 Å². The van der Waals surface area contributed by atoms with Gasteiger partial charge in [0.2, 0.25) is 0 Å². The number of benzene rings is 1. The highest BCUT2D eigenvalue weighted by Gasteiger charge is 2.18. The first-order valence-electron chi connectivity index (χ1n) is 5.11. The fourth-order valence-electron chi connectivity index (χ4n) is 1.88. The van der Waals surface area contributed by atoms with Crippen LogP contribution in [-0.2, 0) is 11.8 Å². The van der Waals surface area contributed by atoms with Crippen LogP contribution in [0.3, 0.4) is 0 Å². The molecule has 0 radical (unpaired) electrons. The summed E-state index contributed by atoms with van der Waals surface area (Å²) in [6, 6.07) is 7.64. The van der Waals surface area contributed by atoms with E-state index in [9.17, 15) is 4.79 Å². The third-order valence-electron chi connectivity index (χ3n) is 2.85. The number of hydrogen-bond acceptors (Lipinski definition) is 2. The topological polar surface area (TPSA) is 68.2 Å². The van der Waals surface area contributed by atoms with Crippen LogP contribution in [0.2, 0.25) is 0 Å². The Hall–Kier alpha value is -1.81. The molecule has 3 N–H and O–H groups in total. The highest BCUT2D eigenvalue weighted by molar-refractivity contribution is 5.83. The number of aromatic nitrogens is 1. The number of carboxylic acids is 1. The summed E-state index contributed by atoms with van der Waals surface area (Å²) in [6.45, 7) is 0.116. The van der Waals surface area contributed by atoms with Gasteiger partial charge in [-0.25, -0.2) is 0 Å². The van der Waals surface area contributed by atoms with Gasteiger partial charge in [-0.2, -0.15) is 0 Å². The molecule has 0 spiro atoms. The zero-order valence-electron chi connectivity index (χ0n) is 9.05. The molecule has 16 heavy (non-hydrogen) atoms. The Balaban J connectivity index is 2.52. The summed E-state index contributed by atoms with van der Waals surface area (Å²) in [6.07, 6.45) is 1.95. The van der Waals surface area contributed by atoms with Gasteiger partial charge in [-0.15, -0.1) is 0 Å². The van der Waals surface area contributed by atoms with E-state index in [0.717, 1.165) is 16.5 Å². The fraction of sp³-hybridized carbons (Fsp3) is 0.250. The number of fused-ring (bicyclic) bond motifs is 1. The minimum absolute atomic E-state index is 0.116. The molecule has 2 rings (SSSR count). The van der Waals surface area contributed by atoms with Crippen LogP contribution in [-0.4, -0.2) is 22.2 Å². The van der Waals surface area contributed by atoms with E-state index in [4.69, 9.17) is 10.8 Å². The number of hydrogen-bond donors (Lipinski definition) is 2. The summed E-state index contributed by atoms with van der Waals surface area (Å²) in [4.78, 5) is 11.0. The normalized spacial score (nSPS) is 12.9. The minimum Gasteiger partial charge on any atom is -0.481 e. The molecule has 0 saturated carbocycles. The van der Waals surface area contributed by atoms with Crippen molar-refractivity contribution in [2.75, 3.05) is 6.54 Å². The van der Waals surface area contributed by atoms with Crippen molar-refractivity contribution in [2.45, 2.75) is 5.92 Å². The van der Waals surface area contributed by atoms with E-state index in [0.29, 0.717) is 0 Å². The summed E-state index contributed by atoms with van der Waals surface area (Å²) >= 11 is 0. The molecule has 1 aromatic heterocycles. The van der Waals surface area contributed by atoms with Crippen molar-refractivity contribution < 1.29 is 9.90 Å². The SMILES string of the molecule is Cn1ccc2ccc(C(CN)C(=O)O)cc21. The molecular formula is C12H14N2O2. The Morgan fingerprint density at radius 2 is 2.25 bits per heavy atom. The van der Waals surface area contributed by atoms with Crippen LogP contribution in [0, 0.1) is 0 Å². The molecule has 1 unspecified atom stereocenters. The van der Waals surface area contributed by atoms with Crippen molar-refractivity contribution >= 4 is 16.9 Å². The predicted octanol–water partition coefficient (Wildman–Crippen LogP) is 1.31. The molecule has 0 aliphatic heterocycles. The smallest absolute Gasteiger partial charge is 0.312 e. The zero-order chi connectivity index (χ0) is 11.7. The van der Waals surface area contributed by atoms with Crippen LogP contribution in [0.1, 0.15) is 11.5 Å². The molecule has 0 amide bonds. The average molecular weight is 218 g/mol. The number of aliphatic carboxylic acids is 1. The molecule has 1 heterocycles. The lowest BCUT2D eigenvalue weighted by Crippen LogP contribution is -2.21. The van der Waals surface area contributed by atoms with E-state index < -0.39 is 11.9 Å². The average Bonchev–Trinajstić information content (AvgIpc) is 2.61. The van der Waals surface area contributed by atoms with Crippen LogP contribution in [0.15, 0.2) is 30.5 Å². The van der Waals surface area contributed by atoms with Gasteiger partial charge in [-0.1, -0.05) is 12.1 Å². The molecule has 1 atom stereocenters. The van der Waals surface area contributed by atoms with Crippen LogP contribution in [0.5, 0.6) is 0 Å². The maximum Gasteiger partial charge on any atom is 0.312 e.